The summed E-state index contributed by atoms with van der Waals surface area (Å²) in [6, 6.07) is 6.10. The Morgan fingerprint density at radius 3 is 2.69 bits per heavy atom. The summed E-state index contributed by atoms with van der Waals surface area (Å²) < 4.78 is 10.4. The fourth-order valence-corrected chi connectivity index (χ4v) is 1.35. The molecule has 0 fully saturated rings. The van der Waals surface area contributed by atoms with E-state index < -0.39 is 0 Å². The highest BCUT2D eigenvalue weighted by Crippen LogP contribution is 2.24. The van der Waals surface area contributed by atoms with Gasteiger partial charge in [-0.1, -0.05) is 12.1 Å². The van der Waals surface area contributed by atoms with Crippen LogP contribution in [0.5, 0.6) is 11.5 Å². The van der Waals surface area contributed by atoms with E-state index in [-0.39, 0.29) is 6.04 Å². The van der Waals surface area contributed by atoms with Gasteiger partial charge < -0.3 is 14.8 Å². The quantitative estimate of drug-likeness (QED) is 0.748. The highest BCUT2D eigenvalue weighted by molar-refractivity contribution is 5.40. The number of ether oxygens (including phenoxy) is 2. The third-order valence-electron chi connectivity index (χ3n) is 2.46. The van der Waals surface area contributed by atoms with Crippen molar-refractivity contribution in [2.24, 2.45) is 0 Å². The van der Waals surface area contributed by atoms with Gasteiger partial charge >= 0.3 is 0 Å². The monoisotopic (exact) mass is 221 g/mol. The number of methoxy groups -OCH3 is 2. The topological polar surface area (TPSA) is 30.5 Å². The number of benzene rings is 1. The molecule has 1 unspecified atom stereocenters. The minimum Gasteiger partial charge on any atom is -0.497 e. The van der Waals surface area contributed by atoms with E-state index in [1.165, 1.54) is 0 Å². The van der Waals surface area contributed by atoms with Crippen molar-refractivity contribution < 1.29 is 9.47 Å². The molecule has 0 heterocycles. The van der Waals surface area contributed by atoms with Crippen molar-refractivity contribution >= 4 is 0 Å². The van der Waals surface area contributed by atoms with Crippen molar-refractivity contribution in [1.29, 1.82) is 0 Å². The number of hydrogen-bond acceptors (Lipinski definition) is 3. The van der Waals surface area contributed by atoms with Gasteiger partial charge in [-0.25, -0.2) is 0 Å². The summed E-state index contributed by atoms with van der Waals surface area (Å²) in [4.78, 5) is 0. The first-order valence-corrected chi connectivity index (χ1v) is 5.28. The number of nitrogens with one attached hydrogen (secondary N) is 1. The number of rotatable bonds is 6. The zero-order valence-electron chi connectivity index (χ0n) is 10.1. The lowest BCUT2D eigenvalue weighted by molar-refractivity contribution is 0.389. The molecular formula is C13H19NO2. The van der Waals surface area contributed by atoms with E-state index in [2.05, 4.69) is 18.8 Å². The molecular weight excluding hydrogens is 202 g/mol. The maximum absolute atomic E-state index is 5.31. The van der Waals surface area contributed by atoms with E-state index in [1.807, 2.05) is 24.3 Å². The Labute approximate surface area is 97.1 Å². The molecule has 88 valence electrons. The van der Waals surface area contributed by atoms with Crippen LogP contribution in [0.3, 0.4) is 0 Å². The molecule has 0 radical (unpaired) electrons. The van der Waals surface area contributed by atoms with Gasteiger partial charge in [0, 0.05) is 24.2 Å². The molecule has 0 saturated heterocycles. The summed E-state index contributed by atoms with van der Waals surface area (Å²) in [5.74, 6) is 1.64. The fraction of sp³-hybridized carbons (Fsp3) is 0.385. The second-order valence-corrected chi connectivity index (χ2v) is 3.58. The Hall–Kier alpha value is -1.48. The molecule has 0 aromatic heterocycles. The first-order valence-electron chi connectivity index (χ1n) is 5.28. The average molecular weight is 221 g/mol. The summed E-state index contributed by atoms with van der Waals surface area (Å²) in [6.07, 6.45) is 1.87. The lowest BCUT2D eigenvalue weighted by Crippen LogP contribution is -2.23. The van der Waals surface area contributed by atoms with Crippen LogP contribution in [0.15, 0.2) is 30.9 Å². The maximum Gasteiger partial charge on any atom is 0.127 e. The Balaban J connectivity index is 2.75. The molecule has 1 aromatic carbocycles. The van der Waals surface area contributed by atoms with Crippen LogP contribution in [0.1, 0.15) is 12.5 Å². The standard InChI is InChI=1S/C13H19NO2/c1-5-10(2)14-9-11-6-7-12(15-3)8-13(11)16-4/h5-8,10,14H,1,9H2,2-4H3. The number of hydrogen-bond donors (Lipinski definition) is 1. The normalized spacial score (nSPS) is 11.9. The Morgan fingerprint density at radius 2 is 2.12 bits per heavy atom. The largest absolute Gasteiger partial charge is 0.497 e. The van der Waals surface area contributed by atoms with Gasteiger partial charge in [-0.2, -0.15) is 0 Å². The SMILES string of the molecule is C=CC(C)NCc1ccc(OC)cc1OC. The molecule has 16 heavy (non-hydrogen) atoms. The van der Waals surface area contributed by atoms with Crippen LogP contribution >= 0.6 is 0 Å². The molecule has 1 N–H and O–H groups in total. The van der Waals surface area contributed by atoms with Gasteiger partial charge in [0.05, 0.1) is 14.2 Å². The molecule has 1 atom stereocenters. The van der Waals surface area contributed by atoms with Gasteiger partial charge in [-0.05, 0) is 13.0 Å². The molecule has 1 rings (SSSR count). The van der Waals surface area contributed by atoms with Crippen molar-refractivity contribution in [3.63, 3.8) is 0 Å². The average Bonchev–Trinajstić information content (AvgIpc) is 2.35. The molecule has 0 spiro atoms. The smallest absolute Gasteiger partial charge is 0.127 e. The second-order valence-electron chi connectivity index (χ2n) is 3.58. The molecule has 0 aliphatic carbocycles. The Kier molecular flexibility index (Phi) is 4.86. The summed E-state index contributed by atoms with van der Waals surface area (Å²) in [5, 5.41) is 3.32. The highest BCUT2D eigenvalue weighted by atomic mass is 16.5. The van der Waals surface area contributed by atoms with Gasteiger partial charge in [-0.3, -0.25) is 0 Å². The van der Waals surface area contributed by atoms with Crippen molar-refractivity contribution in [2.75, 3.05) is 14.2 Å². The van der Waals surface area contributed by atoms with Gasteiger partial charge in [0.1, 0.15) is 11.5 Å². The second kappa shape index (κ2) is 6.18. The molecule has 1 aromatic rings. The van der Waals surface area contributed by atoms with Crippen LogP contribution in [0.25, 0.3) is 0 Å². The minimum absolute atomic E-state index is 0.284. The van der Waals surface area contributed by atoms with Gasteiger partial charge in [0.15, 0.2) is 0 Å². The Bertz CT molecular complexity index is 350. The zero-order chi connectivity index (χ0) is 12.0. The molecule has 0 aliphatic heterocycles. The van der Waals surface area contributed by atoms with Crippen LogP contribution in [0.2, 0.25) is 0 Å². The van der Waals surface area contributed by atoms with E-state index in [9.17, 15) is 0 Å². The maximum atomic E-state index is 5.31. The van der Waals surface area contributed by atoms with Crippen LogP contribution in [0.4, 0.5) is 0 Å². The van der Waals surface area contributed by atoms with Gasteiger partial charge in [0.25, 0.3) is 0 Å². The van der Waals surface area contributed by atoms with E-state index in [0.717, 1.165) is 23.6 Å². The molecule has 0 bridgehead atoms. The minimum atomic E-state index is 0.284. The summed E-state index contributed by atoms with van der Waals surface area (Å²) in [5.41, 5.74) is 1.11. The lowest BCUT2D eigenvalue weighted by atomic mass is 10.1. The van der Waals surface area contributed by atoms with Gasteiger partial charge in [0.2, 0.25) is 0 Å². The van der Waals surface area contributed by atoms with Crippen LogP contribution in [0, 0.1) is 0 Å². The van der Waals surface area contributed by atoms with E-state index in [0.29, 0.717) is 0 Å². The van der Waals surface area contributed by atoms with Crippen LogP contribution < -0.4 is 14.8 Å². The molecule has 0 amide bonds. The first kappa shape index (κ1) is 12.6. The van der Waals surface area contributed by atoms with Crippen molar-refractivity contribution in [3.05, 3.63) is 36.4 Å². The van der Waals surface area contributed by atoms with Crippen molar-refractivity contribution in [1.82, 2.24) is 5.32 Å². The first-order chi connectivity index (χ1) is 7.71. The third-order valence-corrected chi connectivity index (χ3v) is 2.46. The lowest BCUT2D eigenvalue weighted by Gasteiger charge is -2.13. The highest BCUT2D eigenvalue weighted by Gasteiger charge is 2.05. The molecule has 0 saturated carbocycles. The molecule has 3 heteroatoms. The van der Waals surface area contributed by atoms with Crippen LogP contribution in [-0.2, 0) is 6.54 Å². The van der Waals surface area contributed by atoms with Crippen molar-refractivity contribution in [3.8, 4) is 11.5 Å². The summed E-state index contributed by atoms with van der Waals surface area (Å²) in [6.45, 7) is 6.54. The fourth-order valence-electron chi connectivity index (χ4n) is 1.35. The predicted molar refractivity (Wildman–Crippen MR) is 66.0 cm³/mol. The molecule has 3 nitrogen and oxygen atoms in total. The summed E-state index contributed by atoms with van der Waals surface area (Å²) in [7, 11) is 3.31. The third kappa shape index (κ3) is 3.28. The predicted octanol–water partition coefficient (Wildman–Crippen LogP) is 2.37. The zero-order valence-corrected chi connectivity index (χ0v) is 10.1. The molecule has 0 aliphatic rings. The van der Waals surface area contributed by atoms with Crippen LogP contribution in [-0.4, -0.2) is 20.3 Å². The Morgan fingerprint density at radius 1 is 1.38 bits per heavy atom. The van der Waals surface area contributed by atoms with E-state index in [4.69, 9.17) is 9.47 Å². The van der Waals surface area contributed by atoms with Crippen molar-refractivity contribution in [2.45, 2.75) is 19.5 Å². The van der Waals surface area contributed by atoms with E-state index in [1.54, 1.807) is 14.2 Å². The summed E-state index contributed by atoms with van der Waals surface area (Å²) >= 11 is 0. The van der Waals surface area contributed by atoms with Gasteiger partial charge in [-0.15, -0.1) is 6.58 Å². The van der Waals surface area contributed by atoms with E-state index >= 15 is 0 Å².